The molecule has 0 saturated carbocycles. The van der Waals surface area contributed by atoms with Gasteiger partial charge in [0.2, 0.25) is 5.95 Å². The van der Waals surface area contributed by atoms with Gasteiger partial charge in [-0.2, -0.15) is 4.98 Å². The molecule has 0 aromatic carbocycles. The van der Waals surface area contributed by atoms with Gasteiger partial charge < -0.3 is 25.5 Å². The Morgan fingerprint density at radius 3 is 2.69 bits per heavy atom. The van der Waals surface area contributed by atoms with Gasteiger partial charge in [0.25, 0.3) is 0 Å². The summed E-state index contributed by atoms with van der Waals surface area (Å²) in [5.74, 6) is -0.679. The first kappa shape index (κ1) is 22.5. The molecule has 0 bridgehead atoms. The van der Waals surface area contributed by atoms with E-state index in [9.17, 15) is 9.59 Å². The summed E-state index contributed by atoms with van der Waals surface area (Å²) in [5, 5.41) is 0. The molecular weight excluding hydrogens is 376 g/mol. The highest BCUT2D eigenvalue weighted by molar-refractivity contribution is 5.75. The van der Waals surface area contributed by atoms with Gasteiger partial charge >= 0.3 is 11.9 Å². The van der Waals surface area contributed by atoms with Crippen molar-refractivity contribution in [3.05, 3.63) is 12.5 Å². The molecule has 2 aromatic heterocycles. The monoisotopic (exact) mass is 406 g/mol. The summed E-state index contributed by atoms with van der Waals surface area (Å²) < 4.78 is 12.5. The maximum absolute atomic E-state index is 12.1. The second-order valence-corrected chi connectivity index (χ2v) is 7.36. The maximum Gasteiger partial charge on any atom is 0.323 e. The fourth-order valence-electron chi connectivity index (χ4n) is 2.69. The summed E-state index contributed by atoms with van der Waals surface area (Å²) in [6, 6.07) is -0.681. The average molecular weight is 406 g/mol. The van der Waals surface area contributed by atoms with Crippen molar-refractivity contribution in [2.45, 2.75) is 52.6 Å². The SMILES string of the molecule is CCCC(=O)OCC[C@@H](COC(=O)[C@@H](N)C(C)C)Cn1cnc2cnc(N)nc21. The fraction of sp³-hybridized carbons (Fsp3) is 0.632. The van der Waals surface area contributed by atoms with Gasteiger partial charge in [0.1, 0.15) is 11.6 Å². The van der Waals surface area contributed by atoms with Crippen LogP contribution in [0, 0.1) is 11.8 Å². The molecule has 2 aromatic rings. The number of anilines is 1. The number of nitrogens with two attached hydrogens (primary N) is 2. The number of aromatic nitrogens is 4. The van der Waals surface area contributed by atoms with E-state index in [1.54, 1.807) is 12.5 Å². The molecule has 160 valence electrons. The number of nitrogen functional groups attached to an aromatic ring is 1. The molecule has 0 aliphatic carbocycles. The number of ether oxygens (including phenoxy) is 2. The van der Waals surface area contributed by atoms with E-state index in [2.05, 4.69) is 15.0 Å². The van der Waals surface area contributed by atoms with Gasteiger partial charge in [-0.25, -0.2) is 9.97 Å². The Hall–Kier alpha value is -2.75. The van der Waals surface area contributed by atoms with Crippen LogP contribution in [0.1, 0.15) is 40.0 Å². The van der Waals surface area contributed by atoms with Gasteiger partial charge in [0, 0.05) is 18.9 Å². The van der Waals surface area contributed by atoms with Crippen LogP contribution >= 0.6 is 0 Å². The molecule has 10 heteroatoms. The molecule has 2 atom stereocenters. The van der Waals surface area contributed by atoms with E-state index >= 15 is 0 Å². The van der Waals surface area contributed by atoms with Gasteiger partial charge in [-0.05, 0) is 18.8 Å². The van der Waals surface area contributed by atoms with Crippen molar-refractivity contribution in [3.63, 3.8) is 0 Å². The molecule has 29 heavy (non-hydrogen) atoms. The number of hydrogen-bond acceptors (Lipinski definition) is 9. The van der Waals surface area contributed by atoms with Crippen molar-refractivity contribution in [2.75, 3.05) is 18.9 Å². The van der Waals surface area contributed by atoms with E-state index < -0.39 is 12.0 Å². The predicted molar refractivity (Wildman–Crippen MR) is 107 cm³/mol. The Balaban J connectivity index is 2.05. The third kappa shape index (κ3) is 6.67. The maximum atomic E-state index is 12.1. The molecule has 10 nitrogen and oxygen atoms in total. The molecule has 0 spiro atoms. The molecule has 0 saturated heterocycles. The molecule has 4 N–H and O–H groups in total. The van der Waals surface area contributed by atoms with Crippen molar-refractivity contribution in [2.24, 2.45) is 17.6 Å². The van der Waals surface area contributed by atoms with Gasteiger partial charge in [0.05, 0.1) is 25.7 Å². The molecule has 0 aliphatic rings. The number of rotatable bonds is 11. The third-order valence-electron chi connectivity index (χ3n) is 4.53. The van der Waals surface area contributed by atoms with Crippen LogP contribution in [0.2, 0.25) is 0 Å². The average Bonchev–Trinajstić information content (AvgIpc) is 3.07. The number of imidazole rings is 1. The summed E-state index contributed by atoms with van der Waals surface area (Å²) >= 11 is 0. The van der Waals surface area contributed by atoms with Gasteiger partial charge in [-0.3, -0.25) is 9.59 Å². The normalized spacial score (nSPS) is 13.4. The van der Waals surface area contributed by atoms with Crippen molar-refractivity contribution in [1.29, 1.82) is 0 Å². The fourth-order valence-corrected chi connectivity index (χ4v) is 2.69. The summed E-state index contributed by atoms with van der Waals surface area (Å²) in [6.07, 6.45) is 4.81. The summed E-state index contributed by atoms with van der Waals surface area (Å²) in [4.78, 5) is 36.2. The van der Waals surface area contributed by atoms with Crippen molar-refractivity contribution >= 4 is 29.1 Å². The molecule has 0 radical (unpaired) electrons. The van der Waals surface area contributed by atoms with Crippen LogP contribution in [0.4, 0.5) is 5.95 Å². The molecule has 0 fully saturated rings. The number of carbonyl (C=O) groups excluding carboxylic acids is 2. The first-order chi connectivity index (χ1) is 13.8. The van der Waals surface area contributed by atoms with Crippen molar-refractivity contribution < 1.29 is 19.1 Å². The molecule has 0 unspecified atom stereocenters. The number of hydrogen-bond donors (Lipinski definition) is 2. The highest BCUT2D eigenvalue weighted by atomic mass is 16.5. The first-order valence-electron chi connectivity index (χ1n) is 9.83. The zero-order valence-electron chi connectivity index (χ0n) is 17.2. The molecule has 0 aliphatic heterocycles. The van der Waals surface area contributed by atoms with Crippen LogP contribution in [-0.2, 0) is 25.6 Å². The second-order valence-electron chi connectivity index (χ2n) is 7.36. The van der Waals surface area contributed by atoms with Crippen LogP contribution < -0.4 is 11.5 Å². The lowest BCUT2D eigenvalue weighted by Gasteiger charge is -2.20. The Morgan fingerprint density at radius 1 is 1.24 bits per heavy atom. The Bertz CT molecular complexity index is 822. The zero-order chi connectivity index (χ0) is 21.4. The summed E-state index contributed by atoms with van der Waals surface area (Å²) in [5.41, 5.74) is 12.7. The Morgan fingerprint density at radius 2 is 2.00 bits per heavy atom. The lowest BCUT2D eigenvalue weighted by Crippen LogP contribution is -2.38. The van der Waals surface area contributed by atoms with Crippen LogP contribution in [-0.4, -0.2) is 50.7 Å². The Labute approximate surface area is 170 Å². The Kier molecular flexibility index (Phi) is 8.32. The zero-order valence-corrected chi connectivity index (χ0v) is 17.2. The van der Waals surface area contributed by atoms with Crippen LogP contribution in [0.15, 0.2) is 12.5 Å². The smallest absolute Gasteiger partial charge is 0.323 e. The van der Waals surface area contributed by atoms with E-state index in [-0.39, 0.29) is 37.0 Å². The number of fused-ring (bicyclic) bond motifs is 1. The minimum absolute atomic E-state index is 0.0202. The van der Waals surface area contributed by atoms with E-state index in [1.165, 1.54) is 0 Å². The summed E-state index contributed by atoms with van der Waals surface area (Å²) in [7, 11) is 0. The van der Waals surface area contributed by atoms with Crippen LogP contribution in [0.25, 0.3) is 11.2 Å². The van der Waals surface area contributed by atoms with Crippen LogP contribution in [0.3, 0.4) is 0 Å². The van der Waals surface area contributed by atoms with Crippen molar-refractivity contribution in [1.82, 2.24) is 19.5 Å². The molecule has 2 rings (SSSR count). The minimum Gasteiger partial charge on any atom is -0.466 e. The largest absolute Gasteiger partial charge is 0.466 e. The van der Waals surface area contributed by atoms with E-state index in [0.29, 0.717) is 30.6 Å². The number of esters is 2. The van der Waals surface area contributed by atoms with Crippen LogP contribution in [0.5, 0.6) is 0 Å². The first-order valence-corrected chi connectivity index (χ1v) is 9.83. The quantitative estimate of drug-likeness (QED) is 0.526. The number of nitrogens with zero attached hydrogens (tertiary/aromatic N) is 4. The molecule has 2 heterocycles. The predicted octanol–water partition coefficient (Wildman–Crippen LogP) is 1.28. The minimum atomic E-state index is -0.681. The molecule has 0 amide bonds. The lowest BCUT2D eigenvalue weighted by molar-refractivity contribution is -0.149. The third-order valence-corrected chi connectivity index (χ3v) is 4.53. The van der Waals surface area contributed by atoms with Gasteiger partial charge in [-0.1, -0.05) is 20.8 Å². The highest BCUT2D eigenvalue weighted by Gasteiger charge is 2.21. The van der Waals surface area contributed by atoms with Crippen molar-refractivity contribution in [3.8, 4) is 0 Å². The second kappa shape index (κ2) is 10.7. The highest BCUT2D eigenvalue weighted by Crippen LogP contribution is 2.16. The van der Waals surface area contributed by atoms with E-state index in [4.69, 9.17) is 20.9 Å². The summed E-state index contributed by atoms with van der Waals surface area (Å²) in [6.45, 7) is 6.48. The van der Waals surface area contributed by atoms with Gasteiger partial charge in [0.15, 0.2) is 5.65 Å². The molecular formula is C19H30N6O4. The lowest BCUT2D eigenvalue weighted by atomic mass is 10.1. The van der Waals surface area contributed by atoms with E-state index in [0.717, 1.165) is 6.42 Å². The van der Waals surface area contributed by atoms with Gasteiger partial charge in [-0.15, -0.1) is 0 Å². The number of carbonyl (C=O) groups is 2. The topological polar surface area (TPSA) is 148 Å². The van der Waals surface area contributed by atoms with E-state index in [1.807, 2.05) is 25.3 Å². The standard InChI is InChI=1S/C19H30N6O4/c1-4-5-15(26)28-7-6-13(10-29-18(27)16(20)12(2)3)9-25-11-23-14-8-22-19(21)24-17(14)25/h8,11-13,16H,4-7,9-10,20H2,1-3H3,(H2,21,22,24)/t13-,16+/m1/s1.